The van der Waals surface area contributed by atoms with Crippen LogP contribution >= 0.6 is 11.3 Å². The van der Waals surface area contributed by atoms with Gasteiger partial charge in [0.05, 0.1) is 25.8 Å². The van der Waals surface area contributed by atoms with Crippen molar-refractivity contribution in [3.63, 3.8) is 0 Å². The van der Waals surface area contributed by atoms with Crippen LogP contribution in [0.15, 0.2) is 54.6 Å². The maximum absolute atomic E-state index is 13.0. The molecule has 2 aromatic carbocycles. The second-order valence-corrected chi connectivity index (χ2v) is 9.83. The first-order valence-electron chi connectivity index (χ1n) is 12.2. The van der Waals surface area contributed by atoms with Crippen molar-refractivity contribution in [2.24, 2.45) is 0 Å². The summed E-state index contributed by atoms with van der Waals surface area (Å²) in [6.07, 6.45) is 2.86. The van der Waals surface area contributed by atoms with E-state index in [0.717, 1.165) is 32.3 Å². The number of nitrogens with zero attached hydrogens (tertiary/aromatic N) is 1. The van der Waals surface area contributed by atoms with Crippen molar-refractivity contribution in [2.75, 3.05) is 25.6 Å². The number of esters is 1. The zero-order chi connectivity index (χ0) is 26.6. The molecule has 38 heavy (non-hydrogen) atoms. The Bertz CT molecular complexity index is 1380. The van der Waals surface area contributed by atoms with Crippen molar-refractivity contribution < 1.29 is 28.6 Å². The molecule has 2 amide bonds. The monoisotopic (exact) mass is 533 g/mol. The van der Waals surface area contributed by atoms with E-state index < -0.39 is 12.1 Å². The predicted molar refractivity (Wildman–Crippen MR) is 143 cm³/mol. The number of carbonyl (C=O) groups excluding carboxylic acids is 3. The Morgan fingerprint density at radius 3 is 2.53 bits per heavy atom. The SMILES string of the molecule is CCOC(=O)N1CCc2c(sc3c2C(=O)NC(c2ccc(OC(=O)/C=C/c4ccc(OC)cc4)cc2)N3)C1. The Morgan fingerprint density at radius 1 is 1.08 bits per heavy atom. The number of amides is 2. The minimum Gasteiger partial charge on any atom is -0.497 e. The van der Waals surface area contributed by atoms with Crippen LogP contribution in [0.4, 0.5) is 9.80 Å². The Morgan fingerprint density at radius 2 is 1.82 bits per heavy atom. The van der Waals surface area contributed by atoms with Crippen molar-refractivity contribution in [3.05, 3.63) is 81.7 Å². The van der Waals surface area contributed by atoms with Crippen LogP contribution in [-0.2, 0) is 22.5 Å². The fraction of sp³-hybridized carbons (Fsp3) is 0.250. The van der Waals surface area contributed by atoms with Gasteiger partial charge < -0.3 is 29.7 Å². The molecule has 0 saturated heterocycles. The largest absolute Gasteiger partial charge is 0.497 e. The normalized spacial score (nSPS) is 16.2. The molecule has 1 atom stereocenters. The molecular formula is C28H27N3O6S. The van der Waals surface area contributed by atoms with Crippen LogP contribution in [0.5, 0.6) is 11.5 Å². The number of fused-ring (bicyclic) bond motifs is 3. The molecule has 3 heterocycles. The van der Waals surface area contributed by atoms with Crippen LogP contribution in [0.25, 0.3) is 6.08 Å². The standard InChI is InChI=1S/C28H27N3O6S/c1-3-36-28(34)31-15-14-21-22(16-31)38-27-24(21)26(33)29-25(30-27)18-7-11-20(12-8-18)37-23(32)13-6-17-4-9-19(35-2)10-5-17/h4-13,25,30H,3,14-16H2,1-2H3,(H,29,33)/b13-6+. The van der Waals surface area contributed by atoms with Crippen molar-refractivity contribution in [3.8, 4) is 11.5 Å². The predicted octanol–water partition coefficient (Wildman–Crippen LogP) is 4.74. The van der Waals surface area contributed by atoms with Gasteiger partial charge in [-0.1, -0.05) is 24.3 Å². The zero-order valence-corrected chi connectivity index (χ0v) is 21.8. The van der Waals surface area contributed by atoms with Crippen LogP contribution in [0.2, 0.25) is 0 Å². The molecule has 0 bridgehead atoms. The molecule has 1 unspecified atom stereocenters. The molecule has 0 saturated carbocycles. The minimum atomic E-state index is -0.497. The molecule has 2 aliphatic rings. The van der Waals surface area contributed by atoms with Crippen molar-refractivity contribution >= 4 is 40.4 Å². The van der Waals surface area contributed by atoms with E-state index in [2.05, 4.69) is 10.6 Å². The third-order valence-electron chi connectivity index (χ3n) is 6.32. The quantitative estimate of drug-likeness (QED) is 0.268. The maximum atomic E-state index is 13.0. The molecule has 0 aliphatic carbocycles. The molecule has 2 aliphatic heterocycles. The van der Waals surface area contributed by atoms with Gasteiger partial charge in [0.25, 0.3) is 5.91 Å². The highest BCUT2D eigenvalue weighted by molar-refractivity contribution is 7.16. The third-order valence-corrected chi connectivity index (χ3v) is 7.47. The number of hydrogen-bond acceptors (Lipinski definition) is 8. The van der Waals surface area contributed by atoms with E-state index in [9.17, 15) is 14.4 Å². The van der Waals surface area contributed by atoms with E-state index >= 15 is 0 Å². The van der Waals surface area contributed by atoms with Gasteiger partial charge in [-0.05, 0) is 60.4 Å². The molecule has 2 N–H and O–H groups in total. The minimum absolute atomic E-state index is 0.148. The van der Waals surface area contributed by atoms with E-state index in [1.807, 2.05) is 24.3 Å². The molecule has 1 aromatic heterocycles. The van der Waals surface area contributed by atoms with E-state index in [1.54, 1.807) is 49.3 Å². The summed E-state index contributed by atoms with van der Waals surface area (Å²) < 4.78 is 15.7. The van der Waals surface area contributed by atoms with E-state index in [4.69, 9.17) is 14.2 Å². The lowest BCUT2D eigenvalue weighted by Gasteiger charge is -2.28. The lowest BCUT2D eigenvalue weighted by molar-refractivity contribution is -0.128. The third kappa shape index (κ3) is 5.35. The highest BCUT2D eigenvalue weighted by Crippen LogP contribution is 2.41. The fourth-order valence-corrected chi connectivity index (χ4v) is 5.70. The van der Waals surface area contributed by atoms with Crippen LogP contribution in [-0.4, -0.2) is 43.1 Å². The van der Waals surface area contributed by atoms with Gasteiger partial charge in [-0.15, -0.1) is 11.3 Å². The highest BCUT2D eigenvalue weighted by Gasteiger charge is 2.34. The summed E-state index contributed by atoms with van der Waals surface area (Å²) in [5, 5.41) is 7.20. The van der Waals surface area contributed by atoms with E-state index in [1.165, 1.54) is 17.4 Å². The van der Waals surface area contributed by atoms with Gasteiger partial charge in [-0.2, -0.15) is 0 Å². The summed E-state index contributed by atoms with van der Waals surface area (Å²) >= 11 is 1.49. The first-order valence-corrected chi connectivity index (χ1v) is 13.0. The Balaban J connectivity index is 1.22. The Hall–Kier alpha value is -4.31. The summed E-state index contributed by atoms with van der Waals surface area (Å²) in [6, 6.07) is 14.3. The average molecular weight is 534 g/mol. The maximum Gasteiger partial charge on any atom is 0.410 e. The van der Waals surface area contributed by atoms with Crippen LogP contribution < -0.4 is 20.1 Å². The second kappa shape index (κ2) is 11.0. The van der Waals surface area contributed by atoms with Gasteiger partial charge in [0.1, 0.15) is 22.7 Å². The first kappa shape index (κ1) is 25.3. The molecule has 196 valence electrons. The summed E-state index contributed by atoms with van der Waals surface area (Å²) in [6.45, 7) is 3.05. The molecular weight excluding hydrogens is 506 g/mol. The second-order valence-electron chi connectivity index (χ2n) is 8.73. The van der Waals surface area contributed by atoms with Crippen LogP contribution in [0.3, 0.4) is 0 Å². The van der Waals surface area contributed by atoms with Gasteiger partial charge >= 0.3 is 12.1 Å². The van der Waals surface area contributed by atoms with Gasteiger partial charge in [-0.25, -0.2) is 9.59 Å². The van der Waals surface area contributed by atoms with Crippen LogP contribution in [0, 0.1) is 0 Å². The van der Waals surface area contributed by atoms with Gasteiger partial charge in [0, 0.05) is 17.5 Å². The number of carbonyl (C=O) groups is 3. The van der Waals surface area contributed by atoms with E-state index in [0.29, 0.717) is 37.4 Å². The summed E-state index contributed by atoms with van der Waals surface area (Å²) in [7, 11) is 1.60. The lowest BCUT2D eigenvalue weighted by Crippen LogP contribution is -2.39. The topological polar surface area (TPSA) is 106 Å². The Kier molecular flexibility index (Phi) is 7.32. The van der Waals surface area contributed by atoms with Gasteiger partial charge in [-0.3, -0.25) is 4.79 Å². The molecule has 9 nitrogen and oxygen atoms in total. The zero-order valence-electron chi connectivity index (χ0n) is 21.0. The number of thiophene rings is 1. The van der Waals surface area contributed by atoms with Gasteiger partial charge in [0.2, 0.25) is 0 Å². The first-order chi connectivity index (χ1) is 18.4. The summed E-state index contributed by atoms with van der Waals surface area (Å²) in [5.74, 6) is 0.490. The molecule has 0 radical (unpaired) electrons. The number of rotatable bonds is 6. The number of ether oxygens (including phenoxy) is 3. The van der Waals surface area contributed by atoms with Crippen molar-refractivity contribution in [1.29, 1.82) is 0 Å². The molecule has 5 rings (SSSR count). The molecule has 0 spiro atoms. The summed E-state index contributed by atoms with van der Waals surface area (Å²) in [5.41, 5.74) is 3.30. The summed E-state index contributed by atoms with van der Waals surface area (Å²) in [4.78, 5) is 40.1. The van der Waals surface area contributed by atoms with Crippen molar-refractivity contribution in [2.45, 2.75) is 26.1 Å². The number of anilines is 1. The molecule has 0 fully saturated rings. The van der Waals surface area contributed by atoms with E-state index in [-0.39, 0.29) is 12.0 Å². The van der Waals surface area contributed by atoms with Crippen LogP contribution in [0.1, 0.15) is 45.0 Å². The molecule has 3 aromatic rings. The number of methoxy groups -OCH3 is 1. The van der Waals surface area contributed by atoms with Crippen molar-refractivity contribution in [1.82, 2.24) is 10.2 Å². The number of hydrogen-bond donors (Lipinski definition) is 2. The average Bonchev–Trinajstić information content (AvgIpc) is 3.31. The lowest BCUT2D eigenvalue weighted by atomic mass is 10.0. The Labute approximate surface area is 224 Å². The smallest absolute Gasteiger partial charge is 0.410 e. The highest BCUT2D eigenvalue weighted by atomic mass is 32.1. The fourth-order valence-electron chi connectivity index (χ4n) is 4.41. The molecule has 10 heteroatoms. The van der Waals surface area contributed by atoms with Gasteiger partial charge in [0.15, 0.2) is 0 Å². The number of nitrogens with one attached hydrogen (secondary N) is 2. The number of benzene rings is 2.